The van der Waals surface area contributed by atoms with Crippen LogP contribution in [0.15, 0.2) is 36.8 Å². The number of nitrogens with zero attached hydrogens (tertiary/aromatic N) is 3. The maximum atomic E-state index is 10.9. The molecule has 1 amide bonds. The predicted molar refractivity (Wildman–Crippen MR) is 86.5 cm³/mol. The first-order chi connectivity index (χ1) is 11.2. The molecule has 0 bridgehead atoms. The number of aromatic nitrogens is 4. The van der Waals surface area contributed by atoms with Crippen molar-refractivity contribution in [1.29, 1.82) is 0 Å². The van der Waals surface area contributed by atoms with Crippen LogP contribution in [-0.4, -0.2) is 32.4 Å². The second kappa shape index (κ2) is 6.27. The van der Waals surface area contributed by atoms with Crippen LogP contribution in [0.3, 0.4) is 0 Å². The van der Waals surface area contributed by atoms with Crippen LogP contribution in [0.2, 0.25) is 0 Å². The van der Waals surface area contributed by atoms with Crippen molar-refractivity contribution in [2.45, 2.75) is 6.92 Å². The van der Waals surface area contributed by atoms with Crippen molar-refractivity contribution in [3.8, 4) is 17.1 Å². The maximum absolute atomic E-state index is 10.9. The first-order valence-corrected chi connectivity index (χ1v) is 7.08. The summed E-state index contributed by atoms with van der Waals surface area (Å²) in [7, 11) is 0. The Bertz CT molecular complexity index is 868. The van der Waals surface area contributed by atoms with Crippen LogP contribution in [0.4, 0.5) is 0 Å². The van der Waals surface area contributed by atoms with Gasteiger partial charge in [0.2, 0.25) is 11.8 Å². The summed E-state index contributed by atoms with van der Waals surface area (Å²) in [4.78, 5) is 27.0. The van der Waals surface area contributed by atoms with Crippen LogP contribution in [0.25, 0.3) is 28.5 Å². The van der Waals surface area contributed by atoms with Gasteiger partial charge in [-0.05, 0) is 19.1 Å². The van der Waals surface area contributed by atoms with Gasteiger partial charge in [0.25, 0.3) is 0 Å². The lowest BCUT2D eigenvalue weighted by molar-refractivity contribution is -0.113. The Morgan fingerprint density at radius 3 is 2.91 bits per heavy atom. The Balaban J connectivity index is 1.98. The molecule has 3 aromatic heterocycles. The van der Waals surface area contributed by atoms with Crippen LogP contribution in [-0.2, 0) is 4.79 Å². The van der Waals surface area contributed by atoms with Crippen molar-refractivity contribution in [1.82, 2.24) is 19.9 Å². The number of nitrogens with two attached hydrogens (primary N) is 1. The second-order valence-electron chi connectivity index (χ2n) is 4.75. The number of H-pyrrole nitrogens is 1. The lowest BCUT2D eigenvalue weighted by atomic mass is 10.2. The number of ether oxygens (including phenoxy) is 1. The fourth-order valence-electron chi connectivity index (χ4n) is 2.11. The summed E-state index contributed by atoms with van der Waals surface area (Å²) in [6.07, 6.45) is 7.97. The van der Waals surface area contributed by atoms with E-state index in [1.165, 1.54) is 6.08 Å². The lowest BCUT2D eigenvalue weighted by Crippen LogP contribution is -2.05. The molecule has 116 valence electrons. The van der Waals surface area contributed by atoms with E-state index >= 15 is 0 Å². The van der Waals surface area contributed by atoms with Gasteiger partial charge in [0.1, 0.15) is 5.52 Å². The van der Waals surface area contributed by atoms with E-state index in [9.17, 15) is 4.79 Å². The normalized spacial score (nSPS) is 11.2. The van der Waals surface area contributed by atoms with Crippen molar-refractivity contribution < 1.29 is 9.53 Å². The topological polar surface area (TPSA) is 107 Å². The fourth-order valence-corrected chi connectivity index (χ4v) is 2.11. The van der Waals surface area contributed by atoms with Crippen LogP contribution >= 0.6 is 0 Å². The minimum Gasteiger partial charge on any atom is -0.478 e. The SMILES string of the molecule is CCOc1ccc(-c2cnc3[nH]cc(/C=C/C(N)=O)c3n2)cn1. The molecule has 0 aliphatic rings. The van der Waals surface area contributed by atoms with Gasteiger partial charge >= 0.3 is 0 Å². The molecular formula is C16H15N5O2. The summed E-state index contributed by atoms with van der Waals surface area (Å²) in [6.45, 7) is 2.47. The molecule has 7 heteroatoms. The van der Waals surface area contributed by atoms with E-state index < -0.39 is 5.91 Å². The Morgan fingerprint density at radius 2 is 2.22 bits per heavy atom. The van der Waals surface area contributed by atoms with Crippen molar-refractivity contribution in [2.24, 2.45) is 5.73 Å². The van der Waals surface area contributed by atoms with Gasteiger partial charge in [-0.2, -0.15) is 0 Å². The van der Waals surface area contributed by atoms with E-state index in [0.29, 0.717) is 29.3 Å². The van der Waals surface area contributed by atoms with Crippen LogP contribution in [0, 0.1) is 0 Å². The van der Waals surface area contributed by atoms with Gasteiger partial charge in [0.05, 0.1) is 18.5 Å². The van der Waals surface area contributed by atoms with Gasteiger partial charge < -0.3 is 15.5 Å². The first kappa shape index (κ1) is 14.7. The zero-order valence-electron chi connectivity index (χ0n) is 12.5. The smallest absolute Gasteiger partial charge is 0.241 e. The number of rotatable bonds is 5. The highest BCUT2D eigenvalue weighted by Crippen LogP contribution is 2.22. The molecule has 0 aromatic carbocycles. The number of primary amides is 1. The Labute approximate surface area is 132 Å². The van der Waals surface area contributed by atoms with Gasteiger partial charge in [0, 0.05) is 35.7 Å². The van der Waals surface area contributed by atoms with E-state index in [-0.39, 0.29) is 0 Å². The second-order valence-corrected chi connectivity index (χ2v) is 4.75. The Kier molecular flexibility index (Phi) is 4.01. The number of pyridine rings is 1. The molecule has 23 heavy (non-hydrogen) atoms. The minimum absolute atomic E-state index is 0.515. The maximum Gasteiger partial charge on any atom is 0.241 e. The van der Waals surface area contributed by atoms with Gasteiger partial charge in [-0.15, -0.1) is 0 Å². The lowest BCUT2D eigenvalue weighted by Gasteiger charge is -2.03. The van der Waals surface area contributed by atoms with Crippen molar-refractivity contribution in [2.75, 3.05) is 6.61 Å². The number of aromatic amines is 1. The zero-order chi connectivity index (χ0) is 16.2. The molecule has 0 atom stereocenters. The molecule has 0 saturated heterocycles. The molecule has 7 nitrogen and oxygen atoms in total. The molecule has 0 aliphatic carbocycles. The highest BCUT2D eigenvalue weighted by molar-refractivity contribution is 5.93. The van der Waals surface area contributed by atoms with Crippen molar-refractivity contribution in [3.05, 3.63) is 42.4 Å². The number of hydrogen-bond donors (Lipinski definition) is 2. The monoisotopic (exact) mass is 309 g/mol. The predicted octanol–water partition coefficient (Wildman–Crippen LogP) is 1.92. The molecule has 3 heterocycles. The van der Waals surface area contributed by atoms with Gasteiger partial charge in [-0.1, -0.05) is 0 Å². The first-order valence-electron chi connectivity index (χ1n) is 7.08. The molecule has 0 spiro atoms. The number of fused-ring (bicyclic) bond motifs is 1. The van der Waals surface area contributed by atoms with Gasteiger partial charge in [0.15, 0.2) is 5.65 Å². The number of hydrogen-bond acceptors (Lipinski definition) is 5. The van der Waals surface area contributed by atoms with Crippen LogP contribution in [0.5, 0.6) is 5.88 Å². The highest BCUT2D eigenvalue weighted by Gasteiger charge is 2.08. The fraction of sp³-hybridized carbons (Fsp3) is 0.125. The van der Waals surface area contributed by atoms with Crippen molar-refractivity contribution >= 4 is 23.1 Å². The van der Waals surface area contributed by atoms with E-state index in [4.69, 9.17) is 10.5 Å². The third kappa shape index (κ3) is 3.18. The summed E-state index contributed by atoms with van der Waals surface area (Å²) < 4.78 is 5.32. The molecular weight excluding hydrogens is 294 g/mol. The van der Waals surface area contributed by atoms with E-state index in [2.05, 4.69) is 19.9 Å². The molecule has 3 N–H and O–H groups in total. The standard InChI is InChI=1S/C16H15N5O2/c1-2-23-14-6-4-10(7-18-14)12-9-20-16-15(21-12)11(8-19-16)3-5-13(17)22/h3-9H,2H2,1H3,(H2,17,22)(H,19,20)/b5-3+. The Morgan fingerprint density at radius 1 is 1.35 bits per heavy atom. The summed E-state index contributed by atoms with van der Waals surface area (Å²) in [5.41, 5.74) is 8.67. The van der Waals surface area contributed by atoms with Gasteiger partial charge in [-0.25, -0.2) is 15.0 Å². The third-order valence-corrected chi connectivity index (χ3v) is 3.16. The zero-order valence-corrected chi connectivity index (χ0v) is 12.5. The highest BCUT2D eigenvalue weighted by atomic mass is 16.5. The third-order valence-electron chi connectivity index (χ3n) is 3.16. The largest absolute Gasteiger partial charge is 0.478 e. The molecule has 3 aromatic rings. The van der Waals surface area contributed by atoms with Crippen LogP contribution in [0.1, 0.15) is 12.5 Å². The Hall–Kier alpha value is -3.22. The van der Waals surface area contributed by atoms with E-state index in [1.54, 1.807) is 30.7 Å². The molecule has 3 rings (SSSR count). The minimum atomic E-state index is -0.515. The molecule has 0 unspecified atom stereocenters. The number of amides is 1. The van der Waals surface area contributed by atoms with Crippen molar-refractivity contribution in [3.63, 3.8) is 0 Å². The molecule has 0 aliphatic heterocycles. The van der Waals surface area contributed by atoms with Gasteiger partial charge in [-0.3, -0.25) is 4.79 Å². The summed E-state index contributed by atoms with van der Waals surface area (Å²) in [6, 6.07) is 3.66. The average molecular weight is 309 g/mol. The van der Waals surface area contributed by atoms with E-state index in [1.807, 2.05) is 13.0 Å². The molecule has 0 fully saturated rings. The summed E-state index contributed by atoms with van der Waals surface area (Å²) in [5.74, 6) is 0.0520. The summed E-state index contributed by atoms with van der Waals surface area (Å²) in [5, 5.41) is 0. The van der Waals surface area contributed by atoms with Crippen LogP contribution < -0.4 is 10.5 Å². The van der Waals surface area contributed by atoms with E-state index in [0.717, 1.165) is 11.1 Å². The number of nitrogens with one attached hydrogen (secondary N) is 1. The quantitative estimate of drug-likeness (QED) is 0.700. The summed E-state index contributed by atoms with van der Waals surface area (Å²) >= 11 is 0. The molecule has 0 radical (unpaired) electrons. The average Bonchev–Trinajstić information content (AvgIpc) is 2.96. The number of carbonyl (C=O) groups excluding carboxylic acids is 1. The number of carbonyl (C=O) groups is 1. The molecule has 0 saturated carbocycles.